The van der Waals surface area contributed by atoms with Gasteiger partial charge in [0.1, 0.15) is 11.4 Å². The number of aromatic nitrogens is 4. The second-order valence-electron chi connectivity index (χ2n) is 12.5. The maximum Gasteiger partial charge on any atom is 0.270 e. The maximum absolute atomic E-state index is 16.6. The number of aromatic amines is 1. The van der Waals surface area contributed by atoms with Crippen molar-refractivity contribution in [3.05, 3.63) is 71.9 Å². The molecule has 2 aromatic heterocycles. The van der Waals surface area contributed by atoms with E-state index >= 15 is 4.39 Å². The summed E-state index contributed by atoms with van der Waals surface area (Å²) in [6.45, 7) is 4.86. The van der Waals surface area contributed by atoms with Crippen molar-refractivity contribution in [2.45, 2.75) is 51.1 Å². The summed E-state index contributed by atoms with van der Waals surface area (Å²) in [7, 11) is 1.62. The molecule has 0 radical (unpaired) electrons. The second kappa shape index (κ2) is 13.1. The van der Waals surface area contributed by atoms with Crippen molar-refractivity contribution in [3.8, 4) is 16.9 Å². The number of H-pyrrole nitrogens is 1. The standard InChI is InChI=1S/C35H40FN7O3/c1-46-31-10-4-3-9-26(31)28-20-27(24-8-7-16-41(22-24)32(44)12-18-43-19-13-37-39-43)33(36)34-29(28)21-30(38-34)35(45)42-17-11-25(23-42)40-14-5-2-6-15-40/h3-4,8-10,13,19-21,25,38H,2,5-7,11-12,14-18,22-23H2,1H3/t25-/m1/s1. The lowest BCUT2D eigenvalue weighted by atomic mass is 9.93. The minimum Gasteiger partial charge on any atom is -0.496 e. The fourth-order valence-electron chi connectivity index (χ4n) is 7.25. The van der Waals surface area contributed by atoms with Crippen molar-refractivity contribution in [3.63, 3.8) is 0 Å². The molecule has 1 N–H and O–H groups in total. The number of carbonyl (C=O) groups excluding carboxylic acids is 2. The Morgan fingerprint density at radius 3 is 2.67 bits per heavy atom. The van der Waals surface area contributed by atoms with Crippen LogP contribution in [0.15, 0.2) is 54.9 Å². The Kier molecular flexibility index (Phi) is 8.57. The summed E-state index contributed by atoms with van der Waals surface area (Å²) in [5.74, 6) is 0.0998. The molecule has 3 aliphatic rings. The molecule has 11 heteroatoms. The Hall–Kier alpha value is -4.51. The van der Waals surface area contributed by atoms with Crippen molar-refractivity contribution in [1.29, 1.82) is 0 Å². The van der Waals surface area contributed by atoms with Crippen LogP contribution in [-0.2, 0) is 11.3 Å². The van der Waals surface area contributed by atoms with Crippen LogP contribution >= 0.6 is 0 Å². The number of fused-ring (bicyclic) bond motifs is 1. The molecule has 0 unspecified atom stereocenters. The van der Waals surface area contributed by atoms with E-state index in [1.54, 1.807) is 35.2 Å². The highest BCUT2D eigenvalue weighted by molar-refractivity contribution is 6.05. The molecular weight excluding hydrogens is 585 g/mol. The number of piperidine rings is 1. The van der Waals surface area contributed by atoms with Gasteiger partial charge in [-0.1, -0.05) is 35.9 Å². The molecule has 2 fully saturated rings. The van der Waals surface area contributed by atoms with Gasteiger partial charge in [-0.15, -0.1) is 5.10 Å². The number of methoxy groups -OCH3 is 1. The molecule has 5 heterocycles. The van der Waals surface area contributed by atoms with E-state index in [0.717, 1.165) is 36.2 Å². The largest absolute Gasteiger partial charge is 0.496 e. The van der Waals surface area contributed by atoms with Crippen LogP contribution in [0, 0.1) is 5.82 Å². The van der Waals surface area contributed by atoms with E-state index in [1.165, 1.54) is 19.3 Å². The molecule has 1 atom stereocenters. The monoisotopic (exact) mass is 625 g/mol. The van der Waals surface area contributed by atoms with E-state index in [-0.39, 0.29) is 23.8 Å². The third kappa shape index (κ3) is 5.91. The van der Waals surface area contributed by atoms with Crippen LogP contribution in [0.2, 0.25) is 0 Å². The van der Waals surface area contributed by atoms with Crippen molar-refractivity contribution in [1.82, 2.24) is 34.7 Å². The van der Waals surface area contributed by atoms with E-state index in [0.29, 0.717) is 67.6 Å². The predicted molar refractivity (Wildman–Crippen MR) is 174 cm³/mol. The summed E-state index contributed by atoms with van der Waals surface area (Å²) in [4.78, 5) is 36.4. The minimum absolute atomic E-state index is 0.0197. The fraction of sp³-hybridized carbons (Fsp3) is 0.429. The Labute approximate surface area is 267 Å². The number of amides is 2. The second-order valence-corrected chi connectivity index (χ2v) is 12.5. The maximum atomic E-state index is 16.6. The quantitative estimate of drug-likeness (QED) is 0.297. The first-order valence-corrected chi connectivity index (χ1v) is 16.3. The first kappa shape index (κ1) is 30.2. The molecule has 2 aromatic carbocycles. The summed E-state index contributed by atoms with van der Waals surface area (Å²) < 4.78 is 23.9. The van der Waals surface area contributed by atoms with Crippen LogP contribution in [0.25, 0.3) is 27.6 Å². The van der Waals surface area contributed by atoms with Crippen LogP contribution < -0.4 is 4.74 Å². The molecule has 10 nitrogen and oxygen atoms in total. The lowest BCUT2D eigenvalue weighted by Crippen LogP contribution is -2.41. The van der Waals surface area contributed by atoms with E-state index in [9.17, 15) is 9.59 Å². The zero-order valence-corrected chi connectivity index (χ0v) is 26.3. The van der Waals surface area contributed by atoms with Gasteiger partial charge in [-0.2, -0.15) is 0 Å². The van der Waals surface area contributed by atoms with E-state index in [4.69, 9.17) is 4.74 Å². The molecule has 4 aromatic rings. The Morgan fingerprint density at radius 2 is 1.87 bits per heavy atom. The zero-order chi connectivity index (χ0) is 31.6. The number of halogens is 1. The number of likely N-dealkylation sites (tertiary alicyclic amines) is 2. The van der Waals surface area contributed by atoms with Gasteiger partial charge in [0.05, 0.1) is 25.4 Å². The Morgan fingerprint density at radius 1 is 1.02 bits per heavy atom. The number of carbonyl (C=O) groups is 2. The molecule has 0 bridgehead atoms. The molecule has 0 spiro atoms. The smallest absolute Gasteiger partial charge is 0.270 e. The third-order valence-corrected chi connectivity index (χ3v) is 9.71. The van der Waals surface area contributed by atoms with E-state index in [2.05, 4.69) is 20.2 Å². The average molecular weight is 626 g/mol. The molecule has 2 amide bonds. The van der Waals surface area contributed by atoms with Crippen LogP contribution in [0.4, 0.5) is 4.39 Å². The summed E-state index contributed by atoms with van der Waals surface area (Å²) >= 11 is 0. The predicted octanol–water partition coefficient (Wildman–Crippen LogP) is 4.98. The molecule has 7 rings (SSSR count). The van der Waals surface area contributed by atoms with Gasteiger partial charge in [0.25, 0.3) is 5.91 Å². The van der Waals surface area contributed by atoms with Gasteiger partial charge in [-0.05, 0) is 68.1 Å². The van der Waals surface area contributed by atoms with Crippen molar-refractivity contribution < 1.29 is 18.7 Å². The first-order chi connectivity index (χ1) is 22.5. The SMILES string of the molecule is COc1ccccc1-c1cc(C2=CCCN(C(=O)CCn3ccnn3)C2)c(F)c2[nH]c(C(=O)N3CC[C@@H](N4CCCCC4)C3)cc12. The highest BCUT2D eigenvalue weighted by Crippen LogP contribution is 2.40. The van der Waals surface area contributed by atoms with Gasteiger partial charge in [0.15, 0.2) is 5.82 Å². The molecule has 2 saturated heterocycles. The van der Waals surface area contributed by atoms with Crippen LogP contribution in [-0.4, -0.2) is 98.9 Å². The number of rotatable bonds is 8. The molecule has 46 heavy (non-hydrogen) atoms. The van der Waals surface area contributed by atoms with Crippen LogP contribution in [0.5, 0.6) is 5.75 Å². The molecule has 3 aliphatic heterocycles. The normalized spacial score (nSPS) is 19.1. The average Bonchev–Trinajstić information content (AvgIpc) is 3.90. The number of nitrogens with zero attached hydrogens (tertiary/aromatic N) is 6. The van der Waals surface area contributed by atoms with Gasteiger partial charge in [-0.3, -0.25) is 19.2 Å². The number of para-hydroxylation sites is 1. The summed E-state index contributed by atoms with van der Waals surface area (Å²) in [6, 6.07) is 11.7. The molecule has 0 aliphatic carbocycles. The molecule has 240 valence electrons. The van der Waals surface area contributed by atoms with Gasteiger partial charge < -0.3 is 19.5 Å². The highest BCUT2D eigenvalue weighted by atomic mass is 19.1. The Bertz CT molecular complexity index is 1760. The minimum atomic E-state index is -0.427. The number of hydrogen-bond donors (Lipinski definition) is 1. The van der Waals surface area contributed by atoms with Gasteiger partial charge >= 0.3 is 0 Å². The number of ether oxygens (including phenoxy) is 1. The summed E-state index contributed by atoms with van der Waals surface area (Å²) in [5.41, 5.74) is 3.38. The first-order valence-electron chi connectivity index (χ1n) is 16.3. The van der Waals surface area contributed by atoms with Crippen molar-refractivity contribution in [2.24, 2.45) is 0 Å². The van der Waals surface area contributed by atoms with Crippen molar-refractivity contribution in [2.75, 3.05) is 46.4 Å². The number of benzene rings is 2. The highest BCUT2D eigenvalue weighted by Gasteiger charge is 2.33. The third-order valence-electron chi connectivity index (χ3n) is 9.71. The van der Waals surface area contributed by atoms with Gasteiger partial charge in [-0.25, -0.2) is 4.39 Å². The fourth-order valence-corrected chi connectivity index (χ4v) is 7.25. The Balaban J connectivity index is 1.21. The van der Waals surface area contributed by atoms with Gasteiger partial charge in [0.2, 0.25) is 5.91 Å². The van der Waals surface area contributed by atoms with Crippen molar-refractivity contribution >= 4 is 28.3 Å². The topological polar surface area (TPSA) is 99.6 Å². The number of aryl methyl sites for hydroxylation is 1. The van der Waals surface area contributed by atoms with E-state index < -0.39 is 5.82 Å². The lowest BCUT2D eigenvalue weighted by Gasteiger charge is -2.32. The van der Waals surface area contributed by atoms with Crippen LogP contribution in [0.3, 0.4) is 0 Å². The summed E-state index contributed by atoms with van der Waals surface area (Å²) in [6.07, 6.45) is 10.9. The number of nitrogens with one attached hydrogen (secondary N) is 1. The van der Waals surface area contributed by atoms with Crippen LogP contribution in [0.1, 0.15) is 54.6 Å². The molecule has 0 saturated carbocycles. The van der Waals surface area contributed by atoms with E-state index in [1.807, 2.05) is 41.3 Å². The van der Waals surface area contributed by atoms with Gasteiger partial charge in [0, 0.05) is 61.4 Å². The lowest BCUT2D eigenvalue weighted by molar-refractivity contribution is -0.131. The number of hydrogen-bond acceptors (Lipinski definition) is 6. The zero-order valence-electron chi connectivity index (χ0n) is 26.3. The molecular formula is C35H40FN7O3. The summed E-state index contributed by atoms with van der Waals surface area (Å²) in [5, 5.41) is 8.37.